The number of aryl methyl sites for hydroxylation is 1. The first-order chi connectivity index (χ1) is 8.55. The van der Waals surface area contributed by atoms with Gasteiger partial charge in [-0.05, 0) is 19.3 Å². The van der Waals surface area contributed by atoms with E-state index in [0.29, 0.717) is 12.8 Å². The second kappa shape index (κ2) is 5.38. The van der Waals surface area contributed by atoms with Gasteiger partial charge in [-0.2, -0.15) is 0 Å². The van der Waals surface area contributed by atoms with Crippen molar-refractivity contribution in [3.63, 3.8) is 0 Å². The Labute approximate surface area is 107 Å². The summed E-state index contributed by atoms with van der Waals surface area (Å²) in [5, 5.41) is 0. The largest absolute Gasteiger partial charge is 0.335 e. The second-order valence-corrected chi connectivity index (χ2v) is 7.00. The van der Waals surface area contributed by atoms with Crippen LogP contribution in [0.25, 0.3) is 0 Å². The molecule has 3 N–H and O–H groups in total. The highest BCUT2D eigenvalue weighted by molar-refractivity contribution is 7.91. The number of nitrogens with zero attached hydrogens (tertiary/aromatic N) is 2. The van der Waals surface area contributed by atoms with E-state index in [9.17, 15) is 8.42 Å². The van der Waals surface area contributed by atoms with E-state index in [1.54, 1.807) is 6.20 Å². The number of hydrogen-bond donors (Lipinski definition) is 2. The third kappa shape index (κ3) is 2.90. The van der Waals surface area contributed by atoms with Gasteiger partial charge in [-0.15, -0.1) is 0 Å². The molecule has 1 aromatic rings. The molecule has 1 aliphatic heterocycles. The van der Waals surface area contributed by atoms with Crippen LogP contribution in [0.2, 0.25) is 0 Å². The number of nitrogens with two attached hydrogens (primary N) is 1. The molecule has 0 bridgehead atoms. The highest BCUT2D eigenvalue weighted by atomic mass is 32.2. The summed E-state index contributed by atoms with van der Waals surface area (Å²) in [7, 11) is -2.87. The van der Waals surface area contributed by atoms with Gasteiger partial charge in [-0.3, -0.25) is 11.3 Å². The third-order valence-electron chi connectivity index (χ3n) is 3.60. The van der Waals surface area contributed by atoms with Gasteiger partial charge in [0, 0.05) is 31.4 Å². The van der Waals surface area contributed by atoms with Crippen molar-refractivity contribution in [2.75, 3.05) is 11.5 Å². The van der Waals surface area contributed by atoms with Gasteiger partial charge >= 0.3 is 0 Å². The summed E-state index contributed by atoms with van der Waals surface area (Å²) < 4.78 is 25.0. The summed E-state index contributed by atoms with van der Waals surface area (Å²) in [5.74, 6) is 7.11. The average molecular weight is 272 g/mol. The Kier molecular flexibility index (Phi) is 4.04. The fourth-order valence-corrected chi connectivity index (χ4v) is 4.40. The first-order valence-corrected chi connectivity index (χ1v) is 8.04. The smallest absolute Gasteiger partial charge is 0.150 e. The monoisotopic (exact) mass is 272 g/mol. The Hall–Kier alpha value is -0.920. The quantitative estimate of drug-likeness (QED) is 0.568. The summed E-state index contributed by atoms with van der Waals surface area (Å²) in [5.41, 5.74) is 2.75. The molecule has 2 unspecified atom stereocenters. The number of rotatable bonds is 5. The molecule has 2 rings (SSSR count). The van der Waals surface area contributed by atoms with E-state index in [0.717, 1.165) is 12.4 Å². The van der Waals surface area contributed by atoms with E-state index in [2.05, 4.69) is 17.3 Å². The SMILES string of the molecule is CCn1ccnc1CC(NN)C1CCS(=O)(=O)C1. The summed E-state index contributed by atoms with van der Waals surface area (Å²) in [6.45, 7) is 2.91. The fraction of sp³-hybridized carbons (Fsp3) is 0.727. The van der Waals surface area contributed by atoms with Gasteiger partial charge < -0.3 is 4.57 Å². The van der Waals surface area contributed by atoms with Crippen molar-refractivity contribution < 1.29 is 8.42 Å². The van der Waals surface area contributed by atoms with E-state index in [1.807, 2.05) is 10.8 Å². The molecule has 2 heterocycles. The van der Waals surface area contributed by atoms with E-state index < -0.39 is 9.84 Å². The van der Waals surface area contributed by atoms with Gasteiger partial charge in [0.1, 0.15) is 5.82 Å². The average Bonchev–Trinajstić information content (AvgIpc) is 2.91. The van der Waals surface area contributed by atoms with E-state index >= 15 is 0 Å². The van der Waals surface area contributed by atoms with Gasteiger partial charge in [0.25, 0.3) is 0 Å². The Morgan fingerprint density at radius 2 is 2.44 bits per heavy atom. The van der Waals surface area contributed by atoms with Crippen molar-refractivity contribution >= 4 is 9.84 Å². The van der Waals surface area contributed by atoms with Crippen LogP contribution in [0.15, 0.2) is 12.4 Å². The first-order valence-electron chi connectivity index (χ1n) is 6.22. The zero-order valence-corrected chi connectivity index (χ0v) is 11.4. The van der Waals surface area contributed by atoms with Gasteiger partial charge in [0.2, 0.25) is 0 Å². The van der Waals surface area contributed by atoms with Crippen LogP contribution in [0.3, 0.4) is 0 Å². The third-order valence-corrected chi connectivity index (χ3v) is 5.39. The molecule has 18 heavy (non-hydrogen) atoms. The first kappa shape index (κ1) is 13.5. The van der Waals surface area contributed by atoms with Crippen molar-refractivity contribution in [3.05, 3.63) is 18.2 Å². The molecule has 0 amide bonds. The molecular formula is C11H20N4O2S. The van der Waals surface area contributed by atoms with Crippen molar-refractivity contribution in [1.29, 1.82) is 0 Å². The zero-order valence-electron chi connectivity index (χ0n) is 10.5. The van der Waals surface area contributed by atoms with Crippen LogP contribution < -0.4 is 11.3 Å². The molecule has 1 fully saturated rings. The van der Waals surface area contributed by atoms with Gasteiger partial charge in [-0.1, -0.05) is 0 Å². The molecule has 2 atom stereocenters. The lowest BCUT2D eigenvalue weighted by Gasteiger charge is -2.21. The number of nitrogens with one attached hydrogen (secondary N) is 1. The molecule has 0 radical (unpaired) electrons. The van der Waals surface area contributed by atoms with Crippen LogP contribution in [0.5, 0.6) is 0 Å². The van der Waals surface area contributed by atoms with E-state index in [-0.39, 0.29) is 23.5 Å². The van der Waals surface area contributed by atoms with Crippen molar-refractivity contribution in [2.45, 2.75) is 32.4 Å². The molecule has 1 aromatic heterocycles. The lowest BCUT2D eigenvalue weighted by atomic mass is 9.96. The Morgan fingerprint density at radius 1 is 1.67 bits per heavy atom. The van der Waals surface area contributed by atoms with E-state index in [4.69, 9.17) is 5.84 Å². The minimum atomic E-state index is -2.87. The van der Waals surface area contributed by atoms with Crippen LogP contribution in [-0.2, 0) is 22.8 Å². The number of aromatic nitrogens is 2. The topological polar surface area (TPSA) is 90.0 Å². The predicted molar refractivity (Wildman–Crippen MR) is 69.5 cm³/mol. The maximum atomic E-state index is 11.5. The molecule has 0 saturated carbocycles. The number of hydrazine groups is 1. The summed E-state index contributed by atoms with van der Waals surface area (Å²) >= 11 is 0. The maximum absolute atomic E-state index is 11.5. The number of hydrogen-bond acceptors (Lipinski definition) is 5. The van der Waals surface area contributed by atoms with Crippen LogP contribution in [-0.4, -0.2) is 35.5 Å². The van der Waals surface area contributed by atoms with E-state index in [1.165, 1.54) is 0 Å². The highest BCUT2D eigenvalue weighted by Crippen LogP contribution is 2.23. The Morgan fingerprint density at radius 3 is 3.00 bits per heavy atom. The second-order valence-electron chi connectivity index (χ2n) is 4.77. The Balaban J connectivity index is 2.06. The molecule has 6 nitrogen and oxygen atoms in total. The Bertz CT molecular complexity index is 497. The molecule has 102 valence electrons. The molecule has 0 aliphatic carbocycles. The lowest BCUT2D eigenvalue weighted by Crippen LogP contribution is -2.43. The predicted octanol–water partition coefficient (Wildman–Crippen LogP) is -0.288. The summed E-state index contributed by atoms with van der Waals surface area (Å²) in [6.07, 6.45) is 5.04. The summed E-state index contributed by atoms with van der Waals surface area (Å²) in [6, 6.07) is -0.0324. The minimum Gasteiger partial charge on any atom is -0.335 e. The molecular weight excluding hydrogens is 252 g/mol. The van der Waals surface area contributed by atoms with Gasteiger partial charge in [0.05, 0.1) is 11.5 Å². The normalized spacial score (nSPS) is 24.2. The number of sulfone groups is 1. The molecule has 0 aromatic carbocycles. The lowest BCUT2D eigenvalue weighted by molar-refractivity contribution is 0.375. The zero-order chi connectivity index (χ0) is 13.2. The molecule has 1 aliphatic rings. The molecule has 7 heteroatoms. The van der Waals surface area contributed by atoms with Gasteiger partial charge in [0.15, 0.2) is 9.84 Å². The maximum Gasteiger partial charge on any atom is 0.150 e. The fourth-order valence-electron chi connectivity index (χ4n) is 2.52. The minimum absolute atomic E-state index is 0.0324. The van der Waals surface area contributed by atoms with Gasteiger partial charge in [-0.25, -0.2) is 13.4 Å². The van der Waals surface area contributed by atoms with Crippen molar-refractivity contribution in [1.82, 2.24) is 15.0 Å². The number of imidazole rings is 1. The highest BCUT2D eigenvalue weighted by Gasteiger charge is 2.33. The molecule has 1 saturated heterocycles. The summed E-state index contributed by atoms with van der Waals surface area (Å²) in [4.78, 5) is 4.30. The van der Waals surface area contributed by atoms with Crippen LogP contribution >= 0.6 is 0 Å². The van der Waals surface area contributed by atoms with Crippen LogP contribution in [0.4, 0.5) is 0 Å². The molecule has 0 spiro atoms. The van der Waals surface area contributed by atoms with Crippen LogP contribution in [0.1, 0.15) is 19.2 Å². The van der Waals surface area contributed by atoms with Crippen molar-refractivity contribution in [2.24, 2.45) is 11.8 Å². The van der Waals surface area contributed by atoms with Crippen LogP contribution in [0, 0.1) is 5.92 Å². The standard InChI is InChI=1S/C11H20N4O2S/c1-2-15-5-4-13-11(15)7-10(14-12)9-3-6-18(16,17)8-9/h4-5,9-10,14H,2-3,6-8,12H2,1H3. The van der Waals surface area contributed by atoms with Crippen molar-refractivity contribution in [3.8, 4) is 0 Å².